The number of amides is 2. The molecule has 2 aromatic rings. The molecule has 3 N–H and O–H groups in total. The molecule has 2 amide bonds. The lowest BCUT2D eigenvalue weighted by Crippen LogP contribution is -2.30. The summed E-state index contributed by atoms with van der Waals surface area (Å²) in [6, 6.07) is 1.87. The smallest absolute Gasteiger partial charge is 0.319 e. The van der Waals surface area contributed by atoms with Gasteiger partial charge in [-0.15, -0.1) is 0 Å². The predicted octanol–water partition coefficient (Wildman–Crippen LogP) is 2.45. The van der Waals surface area contributed by atoms with Gasteiger partial charge in [-0.3, -0.25) is 5.10 Å². The molecule has 0 saturated heterocycles. The van der Waals surface area contributed by atoms with Crippen LogP contribution in [-0.4, -0.2) is 22.8 Å². The van der Waals surface area contributed by atoms with Crippen LogP contribution in [0.4, 0.5) is 10.5 Å². The van der Waals surface area contributed by atoms with Crippen LogP contribution in [-0.2, 0) is 6.42 Å². The maximum atomic E-state index is 11.7. The number of hydrogen-bond acceptors (Lipinski definition) is 3. The van der Waals surface area contributed by atoms with Gasteiger partial charge < -0.3 is 10.6 Å². The number of nitrogens with zero attached hydrogens (tertiary/aromatic N) is 1. The Morgan fingerprint density at radius 1 is 1.50 bits per heavy atom. The van der Waals surface area contributed by atoms with Crippen molar-refractivity contribution in [1.29, 1.82) is 0 Å². The molecule has 0 saturated carbocycles. The topological polar surface area (TPSA) is 69.8 Å². The molecule has 18 heavy (non-hydrogen) atoms. The van der Waals surface area contributed by atoms with Gasteiger partial charge in [-0.25, -0.2) is 4.79 Å². The van der Waals surface area contributed by atoms with E-state index >= 15 is 0 Å². The van der Waals surface area contributed by atoms with Gasteiger partial charge in [0.05, 0.1) is 17.1 Å². The third-order valence-corrected chi connectivity index (χ3v) is 3.38. The van der Waals surface area contributed by atoms with E-state index in [1.54, 1.807) is 11.3 Å². The molecule has 2 heterocycles. The van der Waals surface area contributed by atoms with Gasteiger partial charge in [0.1, 0.15) is 0 Å². The fourth-order valence-corrected chi connectivity index (χ4v) is 2.35. The van der Waals surface area contributed by atoms with Gasteiger partial charge in [-0.2, -0.15) is 16.4 Å². The van der Waals surface area contributed by atoms with Gasteiger partial charge in [0, 0.05) is 6.54 Å². The minimum absolute atomic E-state index is 0.196. The van der Waals surface area contributed by atoms with E-state index in [0.717, 1.165) is 23.5 Å². The first kappa shape index (κ1) is 12.6. The van der Waals surface area contributed by atoms with Crippen LogP contribution in [0.3, 0.4) is 0 Å². The van der Waals surface area contributed by atoms with Gasteiger partial charge in [0.2, 0.25) is 0 Å². The molecule has 2 rings (SSSR count). The van der Waals surface area contributed by atoms with Crippen molar-refractivity contribution in [1.82, 2.24) is 15.5 Å². The van der Waals surface area contributed by atoms with Crippen LogP contribution in [0.15, 0.2) is 16.8 Å². The van der Waals surface area contributed by atoms with Gasteiger partial charge in [0.15, 0.2) is 0 Å². The van der Waals surface area contributed by atoms with E-state index in [0.29, 0.717) is 6.54 Å². The van der Waals surface area contributed by atoms with Gasteiger partial charge >= 0.3 is 6.03 Å². The maximum absolute atomic E-state index is 11.7. The summed E-state index contributed by atoms with van der Waals surface area (Å²) in [5.74, 6) is 0. The highest BCUT2D eigenvalue weighted by Crippen LogP contribution is 2.15. The summed E-state index contributed by atoms with van der Waals surface area (Å²) in [5.41, 5.74) is 3.65. The molecular weight excluding hydrogens is 248 g/mol. The zero-order valence-corrected chi connectivity index (χ0v) is 11.2. The largest absolute Gasteiger partial charge is 0.338 e. The van der Waals surface area contributed by atoms with Crippen molar-refractivity contribution in [3.63, 3.8) is 0 Å². The molecule has 0 aliphatic heterocycles. The first-order chi connectivity index (χ1) is 8.66. The molecule has 0 aromatic carbocycles. The number of nitrogens with one attached hydrogen (secondary N) is 3. The molecule has 0 atom stereocenters. The number of aromatic amines is 1. The van der Waals surface area contributed by atoms with Crippen molar-refractivity contribution in [2.75, 3.05) is 11.9 Å². The van der Waals surface area contributed by atoms with Crippen molar-refractivity contribution in [3.8, 4) is 0 Å². The second-order valence-corrected chi connectivity index (χ2v) is 4.85. The Bertz CT molecular complexity index is 499. The van der Waals surface area contributed by atoms with E-state index in [4.69, 9.17) is 0 Å². The summed E-state index contributed by atoms with van der Waals surface area (Å²) in [4.78, 5) is 11.7. The van der Waals surface area contributed by atoms with Crippen LogP contribution in [0.25, 0.3) is 0 Å². The van der Waals surface area contributed by atoms with Crippen LogP contribution >= 0.6 is 11.3 Å². The molecule has 0 spiro atoms. The number of anilines is 1. The van der Waals surface area contributed by atoms with Crippen molar-refractivity contribution >= 4 is 23.1 Å². The number of H-pyrrole nitrogens is 1. The maximum Gasteiger partial charge on any atom is 0.319 e. The van der Waals surface area contributed by atoms with E-state index in [1.807, 2.05) is 19.2 Å². The lowest BCUT2D eigenvalue weighted by Gasteiger charge is -2.07. The Kier molecular flexibility index (Phi) is 3.99. The molecule has 5 nitrogen and oxygen atoms in total. The molecule has 0 fully saturated rings. The lowest BCUT2D eigenvalue weighted by molar-refractivity contribution is 0.252. The number of urea groups is 1. The zero-order chi connectivity index (χ0) is 13.0. The number of carbonyl (C=O) groups excluding carboxylic acids is 1. The van der Waals surface area contributed by atoms with Gasteiger partial charge in [-0.1, -0.05) is 0 Å². The van der Waals surface area contributed by atoms with Crippen molar-refractivity contribution in [3.05, 3.63) is 33.8 Å². The summed E-state index contributed by atoms with van der Waals surface area (Å²) in [5, 5.41) is 16.6. The molecule has 0 bridgehead atoms. The Balaban J connectivity index is 1.79. The lowest BCUT2D eigenvalue weighted by atomic mass is 10.2. The third-order valence-electron chi connectivity index (χ3n) is 2.65. The van der Waals surface area contributed by atoms with E-state index in [1.165, 1.54) is 5.56 Å². The van der Waals surface area contributed by atoms with E-state index in [-0.39, 0.29) is 6.03 Å². The van der Waals surface area contributed by atoms with E-state index in [9.17, 15) is 4.79 Å². The second kappa shape index (κ2) is 5.68. The van der Waals surface area contributed by atoms with E-state index in [2.05, 4.69) is 32.3 Å². The number of carbonyl (C=O) groups is 1. The minimum atomic E-state index is -0.196. The van der Waals surface area contributed by atoms with Crippen LogP contribution in [0.1, 0.15) is 17.0 Å². The number of aromatic nitrogens is 2. The van der Waals surface area contributed by atoms with Gasteiger partial charge in [-0.05, 0) is 42.7 Å². The highest BCUT2D eigenvalue weighted by molar-refractivity contribution is 7.07. The first-order valence-corrected chi connectivity index (χ1v) is 6.68. The van der Waals surface area contributed by atoms with Crippen LogP contribution in [0, 0.1) is 13.8 Å². The van der Waals surface area contributed by atoms with Crippen LogP contribution in [0.5, 0.6) is 0 Å². The molecule has 96 valence electrons. The molecular formula is C12H16N4OS. The summed E-state index contributed by atoms with van der Waals surface area (Å²) >= 11 is 1.67. The highest BCUT2D eigenvalue weighted by atomic mass is 32.1. The van der Waals surface area contributed by atoms with Crippen molar-refractivity contribution in [2.24, 2.45) is 0 Å². The Hall–Kier alpha value is -1.82. The Labute approximate surface area is 110 Å². The standard InChI is InChI=1S/C12H16N4OS/c1-8-11(9(2)16-15-8)14-12(17)13-5-3-10-4-6-18-7-10/h4,6-7H,3,5H2,1-2H3,(H,15,16)(H2,13,14,17). The average molecular weight is 264 g/mol. The monoisotopic (exact) mass is 264 g/mol. The summed E-state index contributed by atoms with van der Waals surface area (Å²) in [6.07, 6.45) is 0.847. The predicted molar refractivity (Wildman–Crippen MR) is 73.1 cm³/mol. The normalized spacial score (nSPS) is 10.3. The number of hydrogen-bond donors (Lipinski definition) is 3. The van der Waals surface area contributed by atoms with Crippen LogP contribution in [0.2, 0.25) is 0 Å². The molecule has 0 radical (unpaired) electrons. The third kappa shape index (κ3) is 3.10. The van der Waals surface area contributed by atoms with Crippen molar-refractivity contribution in [2.45, 2.75) is 20.3 Å². The number of thiophene rings is 1. The highest BCUT2D eigenvalue weighted by Gasteiger charge is 2.09. The fraction of sp³-hybridized carbons (Fsp3) is 0.333. The number of rotatable bonds is 4. The summed E-state index contributed by atoms with van der Waals surface area (Å²) in [6.45, 7) is 4.35. The van der Waals surface area contributed by atoms with E-state index < -0.39 is 0 Å². The van der Waals surface area contributed by atoms with Crippen molar-refractivity contribution < 1.29 is 4.79 Å². The van der Waals surface area contributed by atoms with Crippen LogP contribution < -0.4 is 10.6 Å². The SMILES string of the molecule is Cc1n[nH]c(C)c1NC(=O)NCCc1ccsc1. The Morgan fingerprint density at radius 3 is 2.94 bits per heavy atom. The van der Waals surface area contributed by atoms with Gasteiger partial charge in [0.25, 0.3) is 0 Å². The molecule has 6 heteroatoms. The average Bonchev–Trinajstić information content (AvgIpc) is 2.94. The molecule has 0 unspecified atom stereocenters. The summed E-state index contributed by atoms with van der Waals surface area (Å²) in [7, 11) is 0. The fourth-order valence-electron chi connectivity index (χ4n) is 1.65. The second-order valence-electron chi connectivity index (χ2n) is 4.07. The first-order valence-electron chi connectivity index (χ1n) is 5.74. The molecule has 0 aliphatic carbocycles. The zero-order valence-electron chi connectivity index (χ0n) is 10.4. The number of aryl methyl sites for hydroxylation is 2. The Morgan fingerprint density at radius 2 is 2.33 bits per heavy atom. The molecule has 0 aliphatic rings. The summed E-state index contributed by atoms with van der Waals surface area (Å²) < 4.78 is 0. The quantitative estimate of drug-likeness (QED) is 0.794. The molecule has 2 aromatic heterocycles. The minimum Gasteiger partial charge on any atom is -0.338 e.